The van der Waals surface area contributed by atoms with E-state index in [9.17, 15) is 13.2 Å². The Balaban J connectivity index is 3.03. The summed E-state index contributed by atoms with van der Waals surface area (Å²) in [5.74, 6) is 0. The van der Waals surface area contributed by atoms with Gasteiger partial charge >= 0.3 is 0 Å². The lowest BCUT2D eigenvalue weighted by atomic mass is 10.1. The number of halogens is 3. The molecule has 0 aromatic heterocycles. The van der Waals surface area contributed by atoms with Crippen molar-refractivity contribution in [3.05, 3.63) is 0 Å². The second-order valence-corrected chi connectivity index (χ2v) is 4.82. The summed E-state index contributed by atoms with van der Waals surface area (Å²) in [5.41, 5.74) is 0. The molecule has 0 spiro atoms. The fraction of sp³-hybridized carbons (Fsp3) is 1.00. The van der Waals surface area contributed by atoms with E-state index in [2.05, 4.69) is 6.92 Å². The van der Waals surface area contributed by atoms with E-state index in [-0.39, 0.29) is 6.42 Å². The molecule has 0 nitrogen and oxygen atoms in total. The summed E-state index contributed by atoms with van der Waals surface area (Å²) in [5, 5.41) is 0. The highest BCUT2D eigenvalue weighted by Gasteiger charge is 2.17. The van der Waals surface area contributed by atoms with Gasteiger partial charge in [0.1, 0.15) is 0 Å². The first kappa shape index (κ1) is 16.8. The van der Waals surface area contributed by atoms with Gasteiger partial charge in [-0.25, -0.2) is 13.2 Å². The average molecular weight is 252 g/mol. The molecule has 17 heavy (non-hydrogen) atoms. The van der Waals surface area contributed by atoms with Crippen LogP contribution in [0, 0.1) is 0 Å². The van der Waals surface area contributed by atoms with E-state index in [4.69, 9.17) is 0 Å². The third kappa shape index (κ3) is 12.0. The Morgan fingerprint density at radius 1 is 0.647 bits per heavy atom. The molecule has 0 amide bonds. The lowest BCUT2D eigenvalue weighted by molar-refractivity contribution is 0.0440. The first-order valence-corrected chi connectivity index (χ1v) is 7.10. The van der Waals surface area contributed by atoms with E-state index < -0.39 is 12.6 Å². The number of rotatable bonds is 12. The summed E-state index contributed by atoms with van der Waals surface area (Å²) < 4.78 is 36.2. The molecule has 0 radical (unpaired) electrons. The predicted octanol–water partition coefficient (Wildman–Crippen LogP) is 5.90. The number of hydrogen-bond donors (Lipinski definition) is 0. The van der Waals surface area contributed by atoms with Crippen molar-refractivity contribution in [1.29, 1.82) is 0 Å². The fourth-order valence-electron chi connectivity index (χ4n) is 1.95. The lowest BCUT2D eigenvalue weighted by Gasteiger charge is -2.06. The summed E-state index contributed by atoms with van der Waals surface area (Å²) >= 11 is 0. The molecular formula is C14H27F3. The van der Waals surface area contributed by atoms with E-state index >= 15 is 0 Å². The maximum absolute atomic E-state index is 12.5. The van der Waals surface area contributed by atoms with Gasteiger partial charge in [-0.1, -0.05) is 71.1 Å². The molecular weight excluding hydrogens is 225 g/mol. The molecule has 0 aliphatic heterocycles. The summed E-state index contributed by atoms with van der Waals surface area (Å²) in [6, 6.07) is 0. The van der Waals surface area contributed by atoms with Crippen LogP contribution in [0.3, 0.4) is 0 Å². The van der Waals surface area contributed by atoms with Crippen molar-refractivity contribution in [1.82, 2.24) is 0 Å². The first-order valence-electron chi connectivity index (χ1n) is 7.10. The second-order valence-electron chi connectivity index (χ2n) is 4.82. The van der Waals surface area contributed by atoms with Gasteiger partial charge in [0.05, 0.1) is 0 Å². The summed E-state index contributed by atoms with van der Waals surface area (Å²) in [6.07, 6.45) is 6.78. The minimum atomic E-state index is -2.80. The Labute approximate surface area is 104 Å². The highest BCUT2D eigenvalue weighted by Crippen LogP contribution is 2.15. The average Bonchev–Trinajstić information content (AvgIpc) is 2.31. The van der Waals surface area contributed by atoms with Gasteiger partial charge in [0.15, 0.2) is 6.17 Å². The van der Waals surface area contributed by atoms with Crippen molar-refractivity contribution in [2.75, 3.05) is 0 Å². The third-order valence-corrected chi connectivity index (χ3v) is 3.11. The van der Waals surface area contributed by atoms with Crippen LogP contribution in [0.25, 0.3) is 0 Å². The van der Waals surface area contributed by atoms with E-state index in [1.54, 1.807) is 0 Å². The van der Waals surface area contributed by atoms with Gasteiger partial charge in [-0.2, -0.15) is 0 Å². The molecule has 0 aromatic carbocycles. The zero-order valence-electron chi connectivity index (χ0n) is 11.1. The topological polar surface area (TPSA) is 0 Å². The summed E-state index contributed by atoms with van der Waals surface area (Å²) in [7, 11) is 0. The van der Waals surface area contributed by atoms with Crippen molar-refractivity contribution in [3.8, 4) is 0 Å². The summed E-state index contributed by atoms with van der Waals surface area (Å²) in [6.45, 7) is 2.21. The van der Waals surface area contributed by atoms with E-state index in [0.717, 1.165) is 19.3 Å². The normalized spacial score (nSPS) is 13.2. The molecule has 3 heteroatoms. The number of unbranched alkanes of at least 4 members (excludes halogenated alkanes) is 9. The molecule has 0 heterocycles. The quantitative estimate of drug-likeness (QED) is 0.379. The van der Waals surface area contributed by atoms with Crippen molar-refractivity contribution < 1.29 is 13.2 Å². The van der Waals surface area contributed by atoms with E-state index in [0.29, 0.717) is 6.42 Å². The van der Waals surface area contributed by atoms with Crippen molar-refractivity contribution in [2.45, 2.75) is 90.1 Å². The molecule has 0 aromatic rings. The lowest BCUT2D eigenvalue weighted by Crippen LogP contribution is -2.11. The Morgan fingerprint density at radius 2 is 1.06 bits per heavy atom. The van der Waals surface area contributed by atoms with Crippen LogP contribution in [-0.2, 0) is 0 Å². The molecule has 1 atom stereocenters. The van der Waals surface area contributed by atoms with Gasteiger partial charge in [-0.05, 0) is 6.42 Å². The molecule has 1 unspecified atom stereocenters. The minimum absolute atomic E-state index is 0.0220. The Morgan fingerprint density at radius 3 is 1.47 bits per heavy atom. The predicted molar refractivity (Wildman–Crippen MR) is 67.4 cm³/mol. The van der Waals surface area contributed by atoms with Gasteiger partial charge in [-0.15, -0.1) is 0 Å². The van der Waals surface area contributed by atoms with Gasteiger partial charge in [0.2, 0.25) is 0 Å². The van der Waals surface area contributed by atoms with Crippen LogP contribution in [0.15, 0.2) is 0 Å². The molecule has 0 saturated heterocycles. The van der Waals surface area contributed by atoms with Crippen LogP contribution >= 0.6 is 0 Å². The molecule has 0 saturated carbocycles. The zero-order chi connectivity index (χ0) is 12.9. The standard InChI is InChI=1S/C14H27F3/c1-2-3-4-5-6-7-8-9-10-11-12-13(15)14(16)17/h13-14H,2-12H2,1H3. The van der Waals surface area contributed by atoms with E-state index in [1.807, 2.05) is 0 Å². The van der Waals surface area contributed by atoms with Crippen LogP contribution in [0.4, 0.5) is 13.2 Å². The highest BCUT2D eigenvalue weighted by molar-refractivity contribution is 4.58. The Bertz CT molecular complexity index is 148. The number of alkyl halides is 3. The molecule has 0 aliphatic rings. The largest absolute Gasteiger partial charge is 0.269 e. The maximum Gasteiger partial charge on any atom is 0.269 e. The monoisotopic (exact) mass is 252 g/mol. The molecule has 0 aliphatic carbocycles. The minimum Gasteiger partial charge on any atom is -0.241 e. The molecule has 0 N–H and O–H groups in total. The maximum atomic E-state index is 12.5. The van der Waals surface area contributed by atoms with Crippen LogP contribution in [-0.4, -0.2) is 12.6 Å². The van der Waals surface area contributed by atoms with Crippen LogP contribution in [0.1, 0.15) is 77.6 Å². The smallest absolute Gasteiger partial charge is 0.241 e. The number of hydrogen-bond acceptors (Lipinski definition) is 0. The highest BCUT2D eigenvalue weighted by atomic mass is 19.3. The third-order valence-electron chi connectivity index (χ3n) is 3.11. The van der Waals surface area contributed by atoms with Crippen molar-refractivity contribution in [3.63, 3.8) is 0 Å². The molecule has 0 bridgehead atoms. The van der Waals surface area contributed by atoms with Crippen LogP contribution in [0.2, 0.25) is 0 Å². The molecule has 104 valence electrons. The Kier molecular flexibility index (Phi) is 12.1. The van der Waals surface area contributed by atoms with Gasteiger partial charge < -0.3 is 0 Å². The van der Waals surface area contributed by atoms with Crippen LogP contribution in [0.5, 0.6) is 0 Å². The fourth-order valence-corrected chi connectivity index (χ4v) is 1.95. The second kappa shape index (κ2) is 12.3. The van der Waals surface area contributed by atoms with E-state index in [1.165, 1.54) is 38.5 Å². The molecule has 0 rings (SSSR count). The summed E-state index contributed by atoms with van der Waals surface area (Å²) in [4.78, 5) is 0. The van der Waals surface area contributed by atoms with Crippen molar-refractivity contribution >= 4 is 0 Å². The zero-order valence-corrected chi connectivity index (χ0v) is 11.1. The van der Waals surface area contributed by atoms with Gasteiger partial charge in [-0.3, -0.25) is 0 Å². The van der Waals surface area contributed by atoms with Crippen LogP contribution < -0.4 is 0 Å². The Hall–Kier alpha value is -0.210. The van der Waals surface area contributed by atoms with Crippen molar-refractivity contribution in [2.24, 2.45) is 0 Å². The SMILES string of the molecule is CCCCCCCCCCCCC(F)C(F)F. The van der Waals surface area contributed by atoms with Gasteiger partial charge in [0.25, 0.3) is 6.43 Å². The first-order chi connectivity index (χ1) is 8.18. The van der Waals surface area contributed by atoms with Gasteiger partial charge in [0, 0.05) is 0 Å². The molecule has 0 fully saturated rings.